The molecule has 2 aromatic heterocycles. The summed E-state index contributed by atoms with van der Waals surface area (Å²) in [7, 11) is 0.767. The van der Waals surface area contributed by atoms with Crippen LogP contribution in [0.15, 0.2) is 46.1 Å². The van der Waals surface area contributed by atoms with Crippen molar-refractivity contribution in [3.63, 3.8) is 0 Å². The van der Waals surface area contributed by atoms with Crippen molar-refractivity contribution in [1.82, 2.24) is 14.1 Å². The molecule has 0 N–H and O–H groups in total. The third-order valence-electron chi connectivity index (χ3n) is 4.79. The van der Waals surface area contributed by atoms with E-state index in [4.69, 9.17) is 25.8 Å². The van der Waals surface area contributed by atoms with Gasteiger partial charge in [0.2, 0.25) is 0 Å². The summed E-state index contributed by atoms with van der Waals surface area (Å²) in [6.07, 6.45) is -3.74. The van der Waals surface area contributed by atoms with Gasteiger partial charge in [0, 0.05) is 25.4 Å². The fourth-order valence-electron chi connectivity index (χ4n) is 3.08. The molecule has 0 saturated carbocycles. The van der Waals surface area contributed by atoms with Crippen molar-refractivity contribution in [3.8, 4) is 23.1 Å². The molecule has 0 aliphatic rings. The zero-order valence-corrected chi connectivity index (χ0v) is 20.8. The molecule has 3 rings (SSSR count). The second-order valence-corrected chi connectivity index (χ2v) is 7.85. The highest BCUT2D eigenvalue weighted by atomic mass is 35.5. The van der Waals surface area contributed by atoms with Gasteiger partial charge >= 0.3 is 23.8 Å². The fourth-order valence-corrected chi connectivity index (χ4v) is 3.27. The van der Waals surface area contributed by atoms with Crippen LogP contribution in [0, 0.1) is 5.82 Å². The van der Waals surface area contributed by atoms with Gasteiger partial charge in [0.05, 0.1) is 17.3 Å². The minimum absolute atomic E-state index is 0.0945. The molecular weight excluding hydrogens is 558 g/mol. The maximum atomic E-state index is 14.8. The largest absolute Gasteiger partial charge is 0.463 e. The van der Waals surface area contributed by atoms with Crippen LogP contribution in [0.5, 0.6) is 17.4 Å². The van der Waals surface area contributed by atoms with Gasteiger partial charge in [0.25, 0.3) is 11.4 Å². The summed E-state index contributed by atoms with van der Waals surface area (Å²) < 4.78 is 74.7. The summed E-state index contributed by atoms with van der Waals surface area (Å²) in [5, 5.41) is -0.350. The SMILES string of the molecule is CCOC(=O)COC(=O)COc1ncccc1Oc1cc(-n2c(=O)cc(C(F)(F)F)n(C)c2=O)c(F)cc1Cl. The Kier molecular flexibility index (Phi) is 8.96. The molecule has 39 heavy (non-hydrogen) atoms. The van der Waals surface area contributed by atoms with Crippen molar-refractivity contribution >= 4 is 23.5 Å². The molecule has 0 atom stereocenters. The quantitative estimate of drug-likeness (QED) is 0.279. The Morgan fingerprint density at radius 2 is 1.74 bits per heavy atom. The number of carbonyl (C=O) groups excluding carboxylic acids is 2. The van der Waals surface area contributed by atoms with Gasteiger partial charge in [-0.05, 0) is 25.1 Å². The number of alkyl halides is 3. The number of aromatic nitrogens is 3. The van der Waals surface area contributed by atoms with Crippen molar-refractivity contribution in [2.75, 3.05) is 19.8 Å². The summed E-state index contributed by atoms with van der Waals surface area (Å²) >= 11 is 6.05. The first kappa shape index (κ1) is 29.2. The van der Waals surface area contributed by atoms with Crippen molar-refractivity contribution in [3.05, 3.63) is 73.9 Å². The van der Waals surface area contributed by atoms with E-state index < -0.39 is 59.8 Å². The second-order valence-electron chi connectivity index (χ2n) is 7.44. The molecule has 0 unspecified atom stereocenters. The zero-order chi connectivity index (χ0) is 28.9. The van der Waals surface area contributed by atoms with Crippen molar-refractivity contribution in [2.45, 2.75) is 13.1 Å². The minimum Gasteiger partial charge on any atom is -0.463 e. The van der Waals surface area contributed by atoms with E-state index in [-0.39, 0.29) is 44.2 Å². The summed E-state index contributed by atoms with van der Waals surface area (Å²) in [6, 6.07) is 4.35. The number of halogens is 5. The smallest absolute Gasteiger partial charge is 0.431 e. The molecule has 2 heterocycles. The number of pyridine rings is 1. The monoisotopic (exact) mass is 575 g/mol. The van der Waals surface area contributed by atoms with Gasteiger partial charge in [-0.3, -0.25) is 9.36 Å². The van der Waals surface area contributed by atoms with Crippen LogP contribution in [0.1, 0.15) is 12.6 Å². The molecule has 1 aromatic carbocycles. The first-order valence-corrected chi connectivity index (χ1v) is 11.2. The number of hydrogen-bond acceptors (Lipinski definition) is 9. The molecule has 0 aliphatic heterocycles. The van der Waals surface area contributed by atoms with Crippen molar-refractivity contribution in [1.29, 1.82) is 0 Å². The Labute approximate surface area is 221 Å². The second kappa shape index (κ2) is 12.0. The van der Waals surface area contributed by atoms with E-state index in [1.165, 1.54) is 18.3 Å². The number of esters is 2. The Morgan fingerprint density at radius 3 is 2.41 bits per heavy atom. The lowest BCUT2D eigenvalue weighted by molar-refractivity contribution is -0.159. The lowest BCUT2D eigenvalue weighted by Gasteiger charge is -2.16. The summed E-state index contributed by atoms with van der Waals surface area (Å²) in [4.78, 5) is 52.0. The zero-order valence-electron chi connectivity index (χ0n) is 20.1. The van der Waals surface area contributed by atoms with E-state index in [0.29, 0.717) is 6.07 Å². The minimum atomic E-state index is -5.01. The van der Waals surface area contributed by atoms with E-state index >= 15 is 0 Å². The van der Waals surface area contributed by atoms with E-state index in [9.17, 15) is 36.7 Å². The highest BCUT2D eigenvalue weighted by Crippen LogP contribution is 2.36. The molecule has 11 nitrogen and oxygen atoms in total. The number of rotatable bonds is 9. The molecule has 0 bridgehead atoms. The first-order chi connectivity index (χ1) is 18.3. The number of carbonyl (C=O) groups is 2. The Balaban J connectivity index is 1.90. The Morgan fingerprint density at radius 1 is 1.05 bits per heavy atom. The molecular formula is C23H18ClF4N3O8. The number of ether oxygens (including phenoxy) is 4. The van der Waals surface area contributed by atoms with Crippen LogP contribution in [0.25, 0.3) is 5.69 Å². The van der Waals surface area contributed by atoms with Crippen LogP contribution in [0.4, 0.5) is 17.6 Å². The average Bonchev–Trinajstić information content (AvgIpc) is 2.86. The standard InChI is InChI=1S/C23H18ClF4N3O8/c1-3-36-19(33)10-37-20(34)11-38-21-15(5-4-6-29-21)39-16-8-14(13(25)7-12(16)24)31-18(32)9-17(23(26,27)28)30(2)22(31)35/h4-9H,3,10-11H2,1-2H3. The molecule has 208 valence electrons. The average molecular weight is 576 g/mol. The molecule has 0 saturated heterocycles. The predicted octanol–water partition coefficient (Wildman–Crippen LogP) is 3.02. The van der Waals surface area contributed by atoms with E-state index in [2.05, 4.69) is 9.72 Å². The van der Waals surface area contributed by atoms with Gasteiger partial charge in [-0.25, -0.2) is 28.3 Å². The molecule has 0 radical (unpaired) electrons. The number of benzene rings is 1. The summed E-state index contributed by atoms with van der Waals surface area (Å²) in [5.74, 6) is -3.70. The van der Waals surface area contributed by atoms with Crippen LogP contribution in [-0.2, 0) is 32.3 Å². The Bertz CT molecular complexity index is 1520. The number of nitrogens with zero attached hydrogens (tertiary/aromatic N) is 3. The van der Waals surface area contributed by atoms with Gasteiger partial charge in [-0.15, -0.1) is 0 Å². The predicted molar refractivity (Wildman–Crippen MR) is 125 cm³/mol. The highest BCUT2D eigenvalue weighted by Gasteiger charge is 2.35. The van der Waals surface area contributed by atoms with Gasteiger partial charge in [-0.2, -0.15) is 13.2 Å². The fraction of sp³-hybridized carbons (Fsp3) is 0.261. The molecule has 0 aliphatic carbocycles. The van der Waals surface area contributed by atoms with Gasteiger partial charge in [-0.1, -0.05) is 11.6 Å². The van der Waals surface area contributed by atoms with Crippen LogP contribution in [0.2, 0.25) is 5.02 Å². The van der Waals surface area contributed by atoms with Gasteiger partial charge < -0.3 is 18.9 Å². The third-order valence-corrected chi connectivity index (χ3v) is 5.09. The van der Waals surface area contributed by atoms with Gasteiger partial charge in [0.1, 0.15) is 17.3 Å². The van der Waals surface area contributed by atoms with Gasteiger partial charge in [0.15, 0.2) is 19.0 Å². The molecule has 3 aromatic rings. The number of hydrogen-bond donors (Lipinski definition) is 0. The maximum Gasteiger partial charge on any atom is 0.431 e. The topological polar surface area (TPSA) is 128 Å². The van der Waals surface area contributed by atoms with E-state index in [1.54, 1.807) is 6.92 Å². The van der Waals surface area contributed by atoms with Crippen molar-refractivity contribution in [2.24, 2.45) is 7.05 Å². The summed E-state index contributed by atoms with van der Waals surface area (Å²) in [6.45, 7) is 0.324. The lowest BCUT2D eigenvalue weighted by Crippen LogP contribution is -2.41. The normalized spacial score (nSPS) is 11.2. The summed E-state index contributed by atoms with van der Waals surface area (Å²) in [5.41, 5.74) is -5.21. The first-order valence-electron chi connectivity index (χ1n) is 10.8. The molecule has 0 fully saturated rings. The van der Waals surface area contributed by atoms with Crippen LogP contribution in [-0.4, -0.2) is 45.9 Å². The highest BCUT2D eigenvalue weighted by molar-refractivity contribution is 6.32. The Hall–Kier alpha value is -4.40. The molecule has 16 heteroatoms. The molecule has 0 amide bonds. The lowest BCUT2D eigenvalue weighted by atomic mass is 10.2. The maximum absolute atomic E-state index is 14.8. The van der Waals surface area contributed by atoms with Crippen molar-refractivity contribution < 1.29 is 46.1 Å². The van der Waals surface area contributed by atoms with E-state index in [1.807, 2.05) is 0 Å². The third kappa shape index (κ3) is 6.93. The van der Waals surface area contributed by atoms with E-state index in [0.717, 1.165) is 13.1 Å². The van der Waals surface area contributed by atoms with Crippen LogP contribution < -0.4 is 20.7 Å². The molecule has 0 spiro atoms. The van der Waals surface area contributed by atoms with Crippen LogP contribution >= 0.6 is 11.6 Å². The van der Waals surface area contributed by atoms with Crippen LogP contribution in [0.3, 0.4) is 0 Å².